The molecule has 1 aliphatic rings. The van der Waals surface area contributed by atoms with Crippen LogP contribution >= 0.6 is 0 Å². The second kappa shape index (κ2) is 10.9. The lowest BCUT2D eigenvalue weighted by Gasteiger charge is -2.17. The summed E-state index contributed by atoms with van der Waals surface area (Å²) in [5, 5.41) is 5.05. The zero-order valence-corrected chi connectivity index (χ0v) is 27.9. The average molecular weight is 649 g/mol. The van der Waals surface area contributed by atoms with Crippen molar-refractivity contribution in [2.45, 2.75) is 6.42 Å². The van der Waals surface area contributed by atoms with E-state index in [0.717, 1.165) is 6.42 Å². The van der Waals surface area contributed by atoms with Gasteiger partial charge in [0.15, 0.2) is 0 Å². The van der Waals surface area contributed by atoms with E-state index in [4.69, 9.17) is 0 Å². The van der Waals surface area contributed by atoms with Crippen molar-refractivity contribution in [2.75, 3.05) is 0 Å². The first kappa shape index (κ1) is 28.2. The summed E-state index contributed by atoms with van der Waals surface area (Å²) in [6.45, 7) is 0. The highest BCUT2D eigenvalue weighted by atomic mass is 15.0. The number of nitrogens with zero attached hydrogens (tertiary/aromatic N) is 2. The lowest BCUT2D eigenvalue weighted by atomic mass is 9.93. The topological polar surface area (TPSA) is 9.86 Å². The van der Waals surface area contributed by atoms with Crippen LogP contribution in [0.15, 0.2) is 182 Å². The molecule has 2 aromatic heterocycles. The molecule has 2 heteroatoms. The Morgan fingerprint density at radius 1 is 0.333 bits per heavy atom. The van der Waals surface area contributed by atoms with Crippen LogP contribution in [0.3, 0.4) is 0 Å². The molecule has 0 N–H and O–H groups in total. The molecule has 0 unspecified atom stereocenters. The average Bonchev–Trinajstić information content (AvgIpc) is 3.85. The quantitative estimate of drug-likeness (QED) is 0.180. The summed E-state index contributed by atoms with van der Waals surface area (Å²) in [5.74, 6) is 0. The number of hydrogen-bond donors (Lipinski definition) is 0. The fraction of sp³-hybridized carbons (Fsp3) is 0.0204. The van der Waals surface area contributed by atoms with Crippen molar-refractivity contribution in [2.24, 2.45) is 0 Å². The molecule has 10 aromatic rings. The van der Waals surface area contributed by atoms with Crippen LogP contribution in [0, 0.1) is 0 Å². The van der Waals surface area contributed by atoms with Gasteiger partial charge in [-0.1, -0.05) is 127 Å². The Morgan fingerprint density at radius 2 is 0.863 bits per heavy atom. The van der Waals surface area contributed by atoms with Crippen LogP contribution in [0.5, 0.6) is 0 Å². The molecule has 0 fully saturated rings. The van der Waals surface area contributed by atoms with Gasteiger partial charge in [0.05, 0.1) is 27.8 Å². The van der Waals surface area contributed by atoms with Crippen molar-refractivity contribution in [1.29, 1.82) is 0 Å². The minimum atomic E-state index is 0.984. The third-order valence-corrected chi connectivity index (χ3v) is 10.9. The summed E-state index contributed by atoms with van der Waals surface area (Å²) in [7, 11) is 0. The van der Waals surface area contributed by atoms with Crippen LogP contribution < -0.4 is 0 Å². The fourth-order valence-corrected chi connectivity index (χ4v) is 8.73. The predicted molar refractivity (Wildman–Crippen MR) is 214 cm³/mol. The molecule has 11 rings (SSSR count). The summed E-state index contributed by atoms with van der Waals surface area (Å²) in [5.41, 5.74) is 17.7. The van der Waals surface area contributed by atoms with Crippen molar-refractivity contribution in [3.63, 3.8) is 0 Å². The van der Waals surface area contributed by atoms with Gasteiger partial charge in [0.1, 0.15) is 0 Å². The van der Waals surface area contributed by atoms with Gasteiger partial charge in [-0.05, 0) is 100.0 Å². The fourth-order valence-electron chi connectivity index (χ4n) is 8.73. The van der Waals surface area contributed by atoms with Gasteiger partial charge in [0.2, 0.25) is 0 Å². The highest BCUT2D eigenvalue weighted by Crippen LogP contribution is 2.46. The summed E-state index contributed by atoms with van der Waals surface area (Å²) in [4.78, 5) is 0. The third-order valence-electron chi connectivity index (χ3n) is 10.9. The van der Waals surface area contributed by atoms with Crippen LogP contribution in [-0.4, -0.2) is 9.13 Å². The second-order valence-corrected chi connectivity index (χ2v) is 13.7. The molecule has 0 bridgehead atoms. The molecule has 0 spiro atoms. The first-order valence-corrected chi connectivity index (χ1v) is 17.7. The molecule has 0 amide bonds. The first-order valence-electron chi connectivity index (χ1n) is 17.7. The summed E-state index contributed by atoms with van der Waals surface area (Å²) >= 11 is 0. The van der Waals surface area contributed by atoms with Crippen molar-refractivity contribution in [3.8, 4) is 44.8 Å². The zero-order valence-electron chi connectivity index (χ0n) is 27.9. The smallest absolute Gasteiger partial charge is 0.0541 e. The van der Waals surface area contributed by atoms with E-state index in [2.05, 4.69) is 191 Å². The highest BCUT2D eigenvalue weighted by Gasteiger charge is 2.24. The van der Waals surface area contributed by atoms with Crippen LogP contribution in [0.25, 0.3) is 88.4 Å². The van der Waals surface area contributed by atoms with E-state index in [1.807, 2.05) is 0 Å². The van der Waals surface area contributed by atoms with Gasteiger partial charge >= 0.3 is 0 Å². The van der Waals surface area contributed by atoms with E-state index in [-0.39, 0.29) is 0 Å². The zero-order chi connectivity index (χ0) is 33.5. The molecule has 0 aliphatic heterocycles. The van der Waals surface area contributed by atoms with E-state index in [0.29, 0.717) is 0 Å². The summed E-state index contributed by atoms with van der Waals surface area (Å²) in [6, 6.07) is 66.9. The van der Waals surface area contributed by atoms with Gasteiger partial charge < -0.3 is 9.13 Å². The maximum atomic E-state index is 2.47. The molecule has 238 valence electrons. The largest absolute Gasteiger partial charge is 0.309 e. The number of fused-ring (bicyclic) bond motifs is 9. The van der Waals surface area contributed by atoms with Crippen LogP contribution in [0.1, 0.15) is 11.1 Å². The molecule has 1 aliphatic carbocycles. The number of para-hydroxylation sites is 4. The van der Waals surface area contributed by atoms with Gasteiger partial charge in [-0.3, -0.25) is 0 Å². The Hall–Kier alpha value is -6.64. The third kappa shape index (κ3) is 4.17. The number of rotatable bonds is 4. The molecular formula is C49H32N2. The van der Waals surface area contributed by atoms with Crippen LogP contribution in [-0.2, 0) is 6.42 Å². The lowest BCUT2D eigenvalue weighted by molar-refractivity contribution is 1.18. The molecule has 2 heterocycles. The number of hydrogen-bond acceptors (Lipinski definition) is 0. The number of aromatic nitrogens is 2. The molecule has 0 atom stereocenters. The second-order valence-electron chi connectivity index (χ2n) is 13.7. The standard InChI is InChI=1S/C49H32N2/c1-2-15-36(16-3-1)50-44-22-9-7-19-39(44)42-30-32(25-27-47(42)50)33-26-28-48-43(31-33)40-20-8-11-24-46(40)51(48)45-23-10-6-18-38(45)41-21-12-14-35-29-34-13-4-5-17-37(34)49(35)41/h1-28,30-31H,29H2. The maximum Gasteiger partial charge on any atom is 0.0541 e. The van der Waals surface area contributed by atoms with Crippen molar-refractivity contribution in [3.05, 3.63) is 193 Å². The normalized spacial score (nSPS) is 12.2. The molecular weight excluding hydrogens is 617 g/mol. The van der Waals surface area contributed by atoms with Crippen LogP contribution in [0.2, 0.25) is 0 Å². The Labute approximate surface area is 296 Å². The van der Waals surface area contributed by atoms with Crippen molar-refractivity contribution >= 4 is 43.6 Å². The van der Waals surface area contributed by atoms with Gasteiger partial charge in [0, 0.05) is 32.8 Å². The van der Waals surface area contributed by atoms with E-state index >= 15 is 0 Å². The van der Waals surface area contributed by atoms with Gasteiger partial charge in [-0.15, -0.1) is 0 Å². The Kier molecular flexibility index (Phi) is 6.05. The minimum Gasteiger partial charge on any atom is -0.309 e. The summed E-state index contributed by atoms with van der Waals surface area (Å²) in [6.07, 6.45) is 0.984. The lowest BCUT2D eigenvalue weighted by Crippen LogP contribution is -1.98. The van der Waals surface area contributed by atoms with E-state index in [1.165, 1.54) is 99.5 Å². The Morgan fingerprint density at radius 3 is 1.61 bits per heavy atom. The molecule has 2 nitrogen and oxygen atoms in total. The maximum absolute atomic E-state index is 2.47. The molecule has 51 heavy (non-hydrogen) atoms. The van der Waals surface area contributed by atoms with E-state index in [1.54, 1.807) is 0 Å². The van der Waals surface area contributed by atoms with Crippen LogP contribution in [0.4, 0.5) is 0 Å². The molecule has 0 saturated heterocycles. The van der Waals surface area contributed by atoms with E-state index < -0.39 is 0 Å². The van der Waals surface area contributed by atoms with Gasteiger partial charge in [-0.25, -0.2) is 0 Å². The van der Waals surface area contributed by atoms with Gasteiger partial charge in [-0.2, -0.15) is 0 Å². The Bertz CT molecular complexity index is 2990. The number of benzene rings is 8. The Balaban J connectivity index is 1.11. The summed E-state index contributed by atoms with van der Waals surface area (Å²) < 4.78 is 4.85. The molecule has 0 radical (unpaired) electrons. The SMILES string of the molecule is c1ccc(-n2c3ccccc3c3cc(-c4ccc5c(c4)c4ccccc4n5-c4ccccc4-c4cccc5c4-c4ccccc4C5)ccc32)cc1. The predicted octanol–water partition coefficient (Wildman–Crippen LogP) is 12.8. The highest BCUT2D eigenvalue weighted by molar-refractivity contribution is 6.13. The molecule has 0 saturated carbocycles. The van der Waals surface area contributed by atoms with E-state index in [9.17, 15) is 0 Å². The van der Waals surface area contributed by atoms with Crippen molar-refractivity contribution in [1.82, 2.24) is 9.13 Å². The molecule has 8 aromatic carbocycles. The first-order chi connectivity index (χ1) is 25.3. The van der Waals surface area contributed by atoms with Gasteiger partial charge in [0.25, 0.3) is 0 Å². The van der Waals surface area contributed by atoms with Crippen molar-refractivity contribution < 1.29 is 0 Å². The minimum absolute atomic E-state index is 0.984. The monoisotopic (exact) mass is 648 g/mol.